The topological polar surface area (TPSA) is 40.5 Å². The molecule has 1 fully saturated rings. The molecule has 0 aromatic carbocycles. The van der Waals surface area contributed by atoms with E-state index in [1.807, 2.05) is 6.07 Å². The Bertz CT molecular complexity index is 408. The zero-order chi connectivity index (χ0) is 11.7. The lowest BCUT2D eigenvalue weighted by Gasteiger charge is -2.30. The van der Waals surface area contributed by atoms with Gasteiger partial charge in [-0.25, -0.2) is 0 Å². The van der Waals surface area contributed by atoms with Crippen molar-refractivity contribution in [2.45, 2.75) is 18.9 Å². The second-order valence-electron chi connectivity index (χ2n) is 3.79. The lowest BCUT2D eigenvalue weighted by molar-refractivity contribution is 0.0473. The van der Waals surface area contributed by atoms with Gasteiger partial charge in [0.25, 0.3) is 5.91 Å². The van der Waals surface area contributed by atoms with Gasteiger partial charge in [-0.1, -0.05) is 0 Å². The third-order valence-corrected chi connectivity index (χ3v) is 4.91. The summed E-state index contributed by atoms with van der Waals surface area (Å²) in [6.45, 7) is 1.18. The van der Waals surface area contributed by atoms with Crippen molar-refractivity contribution in [3.63, 3.8) is 0 Å². The van der Waals surface area contributed by atoms with Gasteiger partial charge in [0.15, 0.2) is 0 Å². The van der Waals surface area contributed by atoms with Crippen LogP contribution in [0.5, 0.6) is 0 Å². The number of thiophene rings is 1. The summed E-state index contributed by atoms with van der Waals surface area (Å²) in [5.41, 5.74) is 0.672. The number of rotatable bonds is 1. The Morgan fingerprint density at radius 2 is 2.31 bits per heavy atom. The van der Waals surface area contributed by atoms with Crippen LogP contribution >= 0.6 is 43.2 Å². The number of piperidine rings is 1. The van der Waals surface area contributed by atoms with E-state index < -0.39 is 0 Å². The van der Waals surface area contributed by atoms with Gasteiger partial charge in [-0.05, 0) is 50.8 Å². The minimum atomic E-state index is -0.376. The first-order valence-electron chi connectivity index (χ1n) is 5.00. The number of likely N-dealkylation sites (tertiary alicyclic amines) is 1. The van der Waals surface area contributed by atoms with Crippen LogP contribution in [-0.4, -0.2) is 35.1 Å². The highest BCUT2D eigenvalue weighted by Crippen LogP contribution is 2.33. The van der Waals surface area contributed by atoms with Gasteiger partial charge in [0.2, 0.25) is 0 Å². The number of aliphatic hydroxyl groups is 1. The summed E-state index contributed by atoms with van der Waals surface area (Å²) < 4.78 is 1.77. The minimum Gasteiger partial charge on any atom is -0.391 e. The standard InChI is InChI=1S/C10H11Br2NO2S/c11-8-4-7(9(12)16-8)10(15)13-3-1-2-6(14)5-13/h4,6,14H,1-3,5H2/t6-/m0/s1. The van der Waals surface area contributed by atoms with Crippen molar-refractivity contribution in [2.24, 2.45) is 0 Å². The SMILES string of the molecule is O=C(c1cc(Br)sc1Br)N1CCC[C@H](O)C1. The summed E-state index contributed by atoms with van der Waals surface area (Å²) in [5, 5.41) is 9.54. The molecule has 16 heavy (non-hydrogen) atoms. The Hall–Kier alpha value is 0.0900. The van der Waals surface area contributed by atoms with Crippen molar-refractivity contribution in [3.05, 3.63) is 19.2 Å². The molecule has 1 aromatic heterocycles. The normalized spacial score (nSPS) is 21.2. The van der Waals surface area contributed by atoms with Crippen LogP contribution in [0.25, 0.3) is 0 Å². The highest BCUT2D eigenvalue weighted by molar-refractivity contribution is 9.12. The Kier molecular flexibility index (Phi) is 4.05. The first kappa shape index (κ1) is 12.5. The number of aliphatic hydroxyl groups excluding tert-OH is 1. The molecule has 0 bridgehead atoms. The van der Waals surface area contributed by atoms with Gasteiger partial charge in [-0.2, -0.15) is 0 Å². The predicted molar refractivity (Wildman–Crippen MR) is 70.9 cm³/mol. The second kappa shape index (κ2) is 5.16. The predicted octanol–water partition coefficient (Wildman–Crippen LogP) is 2.87. The van der Waals surface area contributed by atoms with Gasteiger partial charge in [0.1, 0.15) is 0 Å². The summed E-state index contributed by atoms with van der Waals surface area (Å²) >= 11 is 8.22. The van der Waals surface area contributed by atoms with Crippen molar-refractivity contribution in [1.82, 2.24) is 4.90 Å². The molecule has 0 aliphatic carbocycles. The van der Waals surface area contributed by atoms with E-state index in [2.05, 4.69) is 31.9 Å². The van der Waals surface area contributed by atoms with Gasteiger partial charge in [0, 0.05) is 13.1 Å². The average Bonchev–Trinajstić information content (AvgIpc) is 2.57. The minimum absolute atomic E-state index is 0.00687. The van der Waals surface area contributed by atoms with Crippen molar-refractivity contribution >= 4 is 49.1 Å². The zero-order valence-corrected chi connectivity index (χ0v) is 12.4. The lowest BCUT2D eigenvalue weighted by Crippen LogP contribution is -2.42. The third kappa shape index (κ3) is 2.67. The smallest absolute Gasteiger partial charge is 0.255 e. The Balaban J connectivity index is 2.15. The second-order valence-corrected chi connectivity index (χ2v) is 7.53. The first-order valence-corrected chi connectivity index (χ1v) is 7.40. The van der Waals surface area contributed by atoms with Crippen LogP contribution in [0.1, 0.15) is 23.2 Å². The number of hydrogen-bond donors (Lipinski definition) is 1. The van der Waals surface area contributed by atoms with Crippen LogP contribution in [0, 0.1) is 0 Å². The Morgan fingerprint density at radius 3 is 2.88 bits per heavy atom. The molecule has 0 saturated carbocycles. The molecule has 3 nitrogen and oxygen atoms in total. The highest BCUT2D eigenvalue weighted by Gasteiger charge is 2.25. The zero-order valence-electron chi connectivity index (χ0n) is 8.45. The van der Waals surface area contributed by atoms with E-state index in [9.17, 15) is 9.90 Å². The maximum absolute atomic E-state index is 12.2. The van der Waals surface area contributed by atoms with E-state index in [4.69, 9.17) is 0 Å². The monoisotopic (exact) mass is 367 g/mol. The third-order valence-electron chi connectivity index (χ3n) is 2.57. The highest BCUT2D eigenvalue weighted by atomic mass is 79.9. The number of carbonyl (C=O) groups excluding carboxylic acids is 1. The van der Waals surface area contributed by atoms with Gasteiger partial charge in [0.05, 0.1) is 19.2 Å². The Morgan fingerprint density at radius 1 is 1.56 bits per heavy atom. The van der Waals surface area contributed by atoms with Crippen LogP contribution < -0.4 is 0 Å². The molecule has 1 aliphatic rings. The molecule has 88 valence electrons. The molecule has 1 atom stereocenters. The van der Waals surface area contributed by atoms with Crippen molar-refractivity contribution < 1.29 is 9.90 Å². The molecule has 1 amide bonds. The molecule has 1 aromatic rings. The van der Waals surface area contributed by atoms with Gasteiger partial charge in [-0.15, -0.1) is 11.3 Å². The van der Waals surface area contributed by atoms with Crippen LogP contribution in [0.3, 0.4) is 0 Å². The number of carbonyl (C=O) groups is 1. The average molecular weight is 369 g/mol. The number of β-amino-alcohol motifs (C(OH)–C–C–N with tert-alkyl or cyclic N) is 1. The lowest BCUT2D eigenvalue weighted by atomic mass is 10.1. The number of amides is 1. The van der Waals surface area contributed by atoms with Crippen LogP contribution in [0.2, 0.25) is 0 Å². The molecular weight excluding hydrogens is 358 g/mol. The first-order chi connectivity index (χ1) is 7.58. The van der Waals surface area contributed by atoms with Gasteiger partial charge >= 0.3 is 0 Å². The quantitative estimate of drug-likeness (QED) is 0.827. The molecule has 1 N–H and O–H groups in total. The largest absolute Gasteiger partial charge is 0.391 e. The van der Waals surface area contributed by atoms with E-state index in [1.165, 1.54) is 11.3 Å². The maximum atomic E-state index is 12.2. The summed E-state index contributed by atoms with van der Waals surface area (Å²) in [6.07, 6.45) is 1.28. The van der Waals surface area contributed by atoms with Crippen LogP contribution in [0.15, 0.2) is 13.6 Å². The number of hydrogen-bond acceptors (Lipinski definition) is 3. The molecule has 0 unspecified atom stereocenters. The summed E-state index contributed by atoms with van der Waals surface area (Å²) in [5.74, 6) is -0.00687. The van der Waals surface area contributed by atoms with Gasteiger partial charge in [-0.3, -0.25) is 4.79 Å². The summed E-state index contributed by atoms with van der Waals surface area (Å²) in [4.78, 5) is 13.9. The fourth-order valence-electron chi connectivity index (χ4n) is 1.80. The Labute approximate surface area is 115 Å². The van der Waals surface area contributed by atoms with E-state index in [0.29, 0.717) is 12.1 Å². The molecule has 2 heterocycles. The van der Waals surface area contributed by atoms with Crippen molar-refractivity contribution in [2.75, 3.05) is 13.1 Å². The number of nitrogens with zero attached hydrogens (tertiary/aromatic N) is 1. The van der Waals surface area contributed by atoms with Gasteiger partial charge < -0.3 is 10.0 Å². The van der Waals surface area contributed by atoms with Crippen molar-refractivity contribution in [3.8, 4) is 0 Å². The number of halogens is 2. The molecule has 1 aliphatic heterocycles. The van der Waals surface area contributed by atoms with Crippen LogP contribution in [-0.2, 0) is 0 Å². The summed E-state index contributed by atoms with van der Waals surface area (Å²) in [6, 6.07) is 1.82. The van der Waals surface area contributed by atoms with E-state index >= 15 is 0 Å². The van der Waals surface area contributed by atoms with E-state index in [0.717, 1.165) is 27.0 Å². The van der Waals surface area contributed by atoms with Crippen LogP contribution in [0.4, 0.5) is 0 Å². The van der Waals surface area contributed by atoms with E-state index in [1.54, 1.807) is 4.90 Å². The molecule has 1 saturated heterocycles. The fraction of sp³-hybridized carbons (Fsp3) is 0.500. The summed E-state index contributed by atoms with van der Waals surface area (Å²) in [7, 11) is 0. The molecule has 6 heteroatoms. The van der Waals surface area contributed by atoms with Crippen molar-refractivity contribution in [1.29, 1.82) is 0 Å². The fourth-order valence-corrected chi connectivity index (χ4v) is 4.57. The molecule has 0 spiro atoms. The maximum Gasteiger partial charge on any atom is 0.255 e. The molecule has 2 rings (SSSR count). The van der Waals surface area contributed by atoms with E-state index in [-0.39, 0.29) is 12.0 Å². The molecular formula is C10H11Br2NO2S. The molecule has 0 radical (unpaired) electrons.